The lowest BCUT2D eigenvalue weighted by Gasteiger charge is -2.11. The van der Waals surface area contributed by atoms with E-state index in [0.717, 1.165) is 12.3 Å². The monoisotopic (exact) mass is 297 g/mol. The van der Waals surface area contributed by atoms with Gasteiger partial charge in [-0.3, -0.25) is 24.5 Å². The summed E-state index contributed by atoms with van der Waals surface area (Å²) in [5, 5.41) is 21.6. The van der Waals surface area contributed by atoms with Crippen molar-refractivity contribution < 1.29 is 19.6 Å². The molecule has 0 aromatic carbocycles. The fourth-order valence-corrected chi connectivity index (χ4v) is 1.58. The summed E-state index contributed by atoms with van der Waals surface area (Å²) in [6.45, 7) is 1.93. The van der Waals surface area contributed by atoms with Gasteiger partial charge in [0, 0.05) is 19.0 Å². The van der Waals surface area contributed by atoms with E-state index >= 15 is 0 Å². The summed E-state index contributed by atoms with van der Waals surface area (Å²) in [4.78, 5) is 45.7. The van der Waals surface area contributed by atoms with Crippen molar-refractivity contribution in [2.24, 2.45) is 5.92 Å². The number of hydrogen-bond donors (Lipinski definition) is 3. The van der Waals surface area contributed by atoms with Crippen molar-refractivity contribution in [1.29, 1.82) is 0 Å². The van der Waals surface area contributed by atoms with Gasteiger partial charge in [0.1, 0.15) is 5.56 Å². The van der Waals surface area contributed by atoms with Gasteiger partial charge in [-0.15, -0.1) is 0 Å². The maximum atomic E-state index is 11.8. The Morgan fingerprint density at radius 3 is 2.76 bits per heavy atom. The van der Waals surface area contributed by atoms with E-state index < -0.39 is 28.0 Å². The molecule has 21 heavy (non-hydrogen) atoms. The molecule has 114 valence electrons. The van der Waals surface area contributed by atoms with E-state index in [1.54, 1.807) is 6.92 Å². The Kier molecular flexibility index (Phi) is 5.58. The molecule has 0 saturated carbocycles. The molecule has 1 atom stereocenters. The zero-order valence-corrected chi connectivity index (χ0v) is 11.3. The minimum Gasteiger partial charge on any atom is -0.481 e. The zero-order chi connectivity index (χ0) is 16.0. The topological polar surface area (TPSA) is 142 Å². The normalized spacial score (nSPS) is 11.7. The van der Waals surface area contributed by atoms with Crippen molar-refractivity contribution in [3.05, 3.63) is 38.3 Å². The minimum atomic E-state index is -0.927. The van der Waals surface area contributed by atoms with Gasteiger partial charge in [-0.25, -0.2) is 0 Å². The van der Waals surface area contributed by atoms with Crippen molar-refractivity contribution >= 4 is 17.6 Å². The van der Waals surface area contributed by atoms with Crippen LogP contribution in [-0.4, -0.2) is 33.4 Å². The van der Waals surface area contributed by atoms with E-state index in [1.165, 1.54) is 0 Å². The minimum absolute atomic E-state index is 0.0194. The van der Waals surface area contributed by atoms with Gasteiger partial charge in [0.15, 0.2) is 0 Å². The van der Waals surface area contributed by atoms with Crippen LogP contribution < -0.4 is 10.9 Å². The molecule has 0 bridgehead atoms. The van der Waals surface area contributed by atoms with Crippen LogP contribution in [0, 0.1) is 16.0 Å². The summed E-state index contributed by atoms with van der Waals surface area (Å²) in [5.41, 5.74) is -1.47. The number of carbonyl (C=O) groups excluding carboxylic acids is 1. The van der Waals surface area contributed by atoms with E-state index in [9.17, 15) is 24.5 Å². The summed E-state index contributed by atoms with van der Waals surface area (Å²) in [5.74, 6) is -1.76. The summed E-state index contributed by atoms with van der Waals surface area (Å²) in [6.07, 6.45) is 1.27. The molecule has 9 nitrogen and oxygen atoms in total. The van der Waals surface area contributed by atoms with E-state index in [2.05, 4.69) is 10.3 Å². The Hall–Kier alpha value is -2.71. The third-order valence-corrected chi connectivity index (χ3v) is 2.81. The van der Waals surface area contributed by atoms with Crippen molar-refractivity contribution in [3.63, 3.8) is 0 Å². The predicted molar refractivity (Wildman–Crippen MR) is 72.1 cm³/mol. The maximum absolute atomic E-state index is 11.8. The van der Waals surface area contributed by atoms with Crippen molar-refractivity contribution in [2.75, 3.05) is 6.54 Å². The fraction of sp³-hybridized carbons (Fsp3) is 0.417. The largest absolute Gasteiger partial charge is 0.481 e. The number of rotatable bonds is 7. The molecule has 0 aliphatic carbocycles. The van der Waals surface area contributed by atoms with Crippen molar-refractivity contribution in [3.8, 4) is 0 Å². The van der Waals surface area contributed by atoms with Gasteiger partial charge in [0.2, 0.25) is 0 Å². The molecule has 3 N–H and O–H groups in total. The molecule has 9 heteroatoms. The van der Waals surface area contributed by atoms with E-state index in [1.807, 2.05) is 0 Å². The Morgan fingerprint density at radius 2 is 2.19 bits per heavy atom. The number of amides is 1. The van der Waals surface area contributed by atoms with Gasteiger partial charge >= 0.3 is 5.97 Å². The highest BCUT2D eigenvalue weighted by atomic mass is 16.6. The first-order valence-corrected chi connectivity index (χ1v) is 6.18. The number of pyridine rings is 1. The van der Waals surface area contributed by atoms with Crippen molar-refractivity contribution in [2.45, 2.75) is 19.8 Å². The second-order valence-electron chi connectivity index (χ2n) is 4.61. The third-order valence-electron chi connectivity index (χ3n) is 2.81. The van der Waals surface area contributed by atoms with Crippen LogP contribution >= 0.6 is 0 Å². The van der Waals surface area contributed by atoms with Crippen LogP contribution in [0.3, 0.4) is 0 Å². The molecule has 1 rings (SSSR count). The first kappa shape index (κ1) is 16.3. The van der Waals surface area contributed by atoms with Crippen molar-refractivity contribution in [1.82, 2.24) is 10.3 Å². The first-order valence-electron chi connectivity index (χ1n) is 6.18. The second-order valence-corrected chi connectivity index (χ2v) is 4.61. The van der Waals surface area contributed by atoms with E-state index in [-0.39, 0.29) is 24.4 Å². The van der Waals surface area contributed by atoms with Gasteiger partial charge in [0.05, 0.1) is 11.1 Å². The lowest BCUT2D eigenvalue weighted by molar-refractivity contribution is -0.385. The number of nitrogens with zero attached hydrogens (tertiary/aromatic N) is 1. The van der Waals surface area contributed by atoms with Crippen LogP contribution in [0.5, 0.6) is 0 Å². The number of aromatic amines is 1. The Balaban J connectivity index is 2.67. The SMILES string of the molecule is CC(CCC(=O)O)CNC(=O)c1cc([N+](=O)[O-])c[nH]c1=O. The molecule has 0 radical (unpaired) electrons. The number of nitro groups is 1. The number of carboxylic acids is 1. The van der Waals surface area contributed by atoms with Crippen LogP contribution in [-0.2, 0) is 4.79 Å². The fourth-order valence-electron chi connectivity index (χ4n) is 1.58. The number of aromatic nitrogens is 1. The first-order chi connectivity index (χ1) is 9.81. The molecule has 0 saturated heterocycles. The summed E-state index contributed by atoms with van der Waals surface area (Å²) >= 11 is 0. The summed E-state index contributed by atoms with van der Waals surface area (Å²) < 4.78 is 0. The number of H-pyrrole nitrogens is 1. The zero-order valence-electron chi connectivity index (χ0n) is 11.3. The van der Waals surface area contributed by atoms with Gasteiger partial charge in [-0.05, 0) is 12.3 Å². The number of nitrogens with one attached hydrogen (secondary N) is 2. The quantitative estimate of drug-likeness (QED) is 0.494. The molecule has 0 spiro atoms. The number of carboxylic acid groups (broad SMARTS) is 1. The molecule has 0 fully saturated rings. The predicted octanol–water partition coefficient (Wildman–Crippen LogP) is 0.514. The van der Waals surface area contributed by atoms with Gasteiger partial charge < -0.3 is 15.4 Å². The highest BCUT2D eigenvalue weighted by molar-refractivity contribution is 5.94. The summed E-state index contributed by atoms with van der Waals surface area (Å²) in [7, 11) is 0. The summed E-state index contributed by atoms with van der Waals surface area (Å²) in [6, 6.07) is 0.899. The van der Waals surface area contributed by atoms with E-state index in [4.69, 9.17) is 5.11 Å². The smallest absolute Gasteiger partial charge is 0.303 e. The Morgan fingerprint density at radius 1 is 1.52 bits per heavy atom. The van der Waals surface area contributed by atoms with Gasteiger partial charge in [-0.2, -0.15) is 0 Å². The van der Waals surface area contributed by atoms with Gasteiger partial charge in [0.25, 0.3) is 17.2 Å². The highest BCUT2D eigenvalue weighted by Gasteiger charge is 2.16. The van der Waals surface area contributed by atoms with Crippen LogP contribution in [0.2, 0.25) is 0 Å². The number of aliphatic carboxylic acids is 1. The molecule has 1 amide bonds. The Labute approximate surface area is 119 Å². The lowest BCUT2D eigenvalue weighted by atomic mass is 10.1. The average molecular weight is 297 g/mol. The van der Waals surface area contributed by atoms with Crippen LogP contribution in [0.4, 0.5) is 5.69 Å². The van der Waals surface area contributed by atoms with Crippen LogP contribution in [0.15, 0.2) is 17.1 Å². The highest BCUT2D eigenvalue weighted by Crippen LogP contribution is 2.09. The molecule has 1 heterocycles. The second kappa shape index (κ2) is 7.17. The molecular formula is C12H15N3O6. The molecule has 1 unspecified atom stereocenters. The molecule has 1 aromatic rings. The average Bonchev–Trinajstić information content (AvgIpc) is 2.42. The number of hydrogen-bond acceptors (Lipinski definition) is 5. The lowest BCUT2D eigenvalue weighted by Crippen LogP contribution is -2.32. The molecule has 1 aromatic heterocycles. The third kappa shape index (κ3) is 5.05. The molecule has 0 aliphatic rings. The maximum Gasteiger partial charge on any atom is 0.303 e. The van der Waals surface area contributed by atoms with Gasteiger partial charge in [-0.1, -0.05) is 6.92 Å². The standard InChI is InChI=1S/C12H15N3O6/c1-7(2-3-10(16)17)5-13-11(18)9-4-8(15(20)21)6-14-12(9)19/h4,6-7H,2-3,5H2,1H3,(H,13,18)(H,14,19)(H,16,17). The van der Waals surface area contributed by atoms with Crippen LogP contribution in [0.1, 0.15) is 30.1 Å². The molecule has 0 aliphatic heterocycles. The van der Waals surface area contributed by atoms with Crippen LogP contribution in [0.25, 0.3) is 0 Å². The van der Waals surface area contributed by atoms with E-state index in [0.29, 0.717) is 6.42 Å². The molecular weight excluding hydrogens is 282 g/mol. The number of carbonyl (C=O) groups is 2. The Bertz CT molecular complexity index is 609.